The summed E-state index contributed by atoms with van der Waals surface area (Å²) in [6.07, 6.45) is 2.24. The molecule has 1 aromatic rings. The first kappa shape index (κ1) is 18.0. The van der Waals surface area contributed by atoms with Crippen molar-refractivity contribution in [3.8, 4) is 0 Å². The van der Waals surface area contributed by atoms with E-state index in [1.807, 2.05) is 6.92 Å². The third-order valence-electron chi connectivity index (χ3n) is 3.47. The molecule has 2 rings (SSSR count). The van der Waals surface area contributed by atoms with Crippen LogP contribution >= 0.6 is 11.8 Å². The Morgan fingerprint density at radius 2 is 2.17 bits per heavy atom. The first-order valence-electron chi connectivity index (χ1n) is 7.51. The van der Waals surface area contributed by atoms with Crippen LogP contribution in [0.1, 0.15) is 36.5 Å². The molecule has 0 aromatic heterocycles. The summed E-state index contributed by atoms with van der Waals surface area (Å²) in [6.45, 7) is 2.34. The van der Waals surface area contributed by atoms with Crippen LogP contribution in [0.25, 0.3) is 0 Å². The van der Waals surface area contributed by atoms with Gasteiger partial charge in [-0.15, -0.1) is 0 Å². The van der Waals surface area contributed by atoms with Crippen molar-refractivity contribution in [3.05, 3.63) is 29.8 Å². The van der Waals surface area contributed by atoms with Gasteiger partial charge < -0.3 is 5.32 Å². The average molecular weight is 356 g/mol. The van der Waals surface area contributed by atoms with Crippen LogP contribution in [0.5, 0.6) is 0 Å². The molecule has 1 unspecified atom stereocenters. The van der Waals surface area contributed by atoms with Crippen molar-refractivity contribution in [2.24, 2.45) is 0 Å². The van der Waals surface area contributed by atoms with Crippen LogP contribution in [0, 0.1) is 0 Å². The zero-order valence-electron chi connectivity index (χ0n) is 12.9. The standard InChI is InChI=1S/C15H20N2O4S2/c1-2-3-8-16-23(20,21)12-6-4-5-11(10-12)14(18)17-13-7-9-22-15(13)19/h4-6,10,13,16H,2-3,7-9H2,1H3,(H,17,18). The minimum absolute atomic E-state index is 0.0494. The van der Waals surface area contributed by atoms with E-state index in [0.29, 0.717) is 18.7 Å². The molecular weight excluding hydrogens is 336 g/mol. The van der Waals surface area contributed by atoms with Gasteiger partial charge >= 0.3 is 0 Å². The highest BCUT2D eigenvalue weighted by Crippen LogP contribution is 2.20. The van der Waals surface area contributed by atoms with Gasteiger partial charge in [-0.1, -0.05) is 31.2 Å². The van der Waals surface area contributed by atoms with Crippen LogP contribution in [0.3, 0.4) is 0 Å². The largest absolute Gasteiger partial charge is 0.341 e. The van der Waals surface area contributed by atoms with E-state index in [0.717, 1.165) is 12.8 Å². The number of amides is 1. The molecule has 0 aliphatic carbocycles. The quantitative estimate of drug-likeness (QED) is 0.723. The monoisotopic (exact) mass is 356 g/mol. The summed E-state index contributed by atoms with van der Waals surface area (Å²) >= 11 is 1.20. The lowest BCUT2D eigenvalue weighted by molar-refractivity contribution is -0.112. The molecule has 1 aliphatic rings. The Balaban J connectivity index is 2.09. The highest BCUT2D eigenvalue weighted by Gasteiger charge is 2.27. The highest BCUT2D eigenvalue weighted by molar-refractivity contribution is 8.14. The van der Waals surface area contributed by atoms with E-state index < -0.39 is 22.0 Å². The molecular formula is C15H20N2O4S2. The molecule has 126 valence electrons. The van der Waals surface area contributed by atoms with Gasteiger partial charge in [-0.25, -0.2) is 13.1 Å². The Morgan fingerprint density at radius 1 is 1.39 bits per heavy atom. The zero-order chi connectivity index (χ0) is 16.9. The van der Waals surface area contributed by atoms with Crippen molar-refractivity contribution < 1.29 is 18.0 Å². The molecule has 0 spiro atoms. The van der Waals surface area contributed by atoms with Gasteiger partial charge in [-0.2, -0.15) is 0 Å². The summed E-state index contributed by atoms with van der Waals surface area (Å²) in [6, 6.07) is 5.34. The molecule has 1 fully saturated rings. The molecule has 1 amide bonds. The Morgan fingerprint density at radius 3 is 2.83 bits per heavy atom. The van der Waals surface area contributed by atoms with Crippen molar-refractivity contribution >= 4 is 32.8 Å². The van der Waals surface area contributed by atoms with E-state index in [9.17, 15) is 18.0 Å². The van der Waals surface area contributed by atoms with Crippen LogP contribution < -0.4 is 10.0 Å². The second-order valence-electron chi connectivity index (χ2n) is 5.26. The maximum atomic E-state index is 12.2. The van der Waals surface area contributed by atoms with Crippen molar-refractivity contribution in [1.82, 2.24) is 10.0 Å². The lowest BCUT2D eigenvalue weighted by Crippen LogP contribution is -2.37. The van der Waals surface area contributed by atoms with Gasteiger partial charge in [0.2, 0.25) is 15.1 Å². The van der Waals surface area contributed by atoms with Gasteiger partial charge in [0.25, 0.3) is 5.91 Å². The first-order valence-corrected chi connectivity index (χ1v) is 9.98. The number of carbonyl (C=O) groups is 2. The van der Waals surface area contributed by atoms with Crippen molar-refractivity contribution in [1.29, 1.82) is 0 Å². The third kappa shape index (κ3) is 4.79. The van der Waals surface area contributed by atoms with Gasteiger partial charge in [0, 0.05) is 17.9 Å². The lowest BCUT2D eigenvalue weighted by Gasteiger charge is -2.11. The van der Waals surface area contributed by atoms with Crippen molar-refractivity contribution in [2.75, 3.05) is 12.3 Å². The molecule has 1 aromatic carbocycles. The molecule has 8 heteroatoms. The summed E-state index contributed by atoms with van der Waals surface area (Å²) in [4.78, 5) is 23.8. The van der Waals surface area contributed by atoms with Crippen LogP contribution in [0.2, 0.25) is 0 Å². The molecule has 2 N–H and O–H groups in total. The minimum Gasteiger partial charge on any atom is -0.341 e. The highest BCUT2D eigenvalue weighted by atomic mass is 32.2. The zero-order valence-corrected chi connectivity index (χ0v) is 14.5. The molecule has 1 saturated heterocycles. The van der Waals surface area contributed by atoms with Crippen LogP contribution in [0.4, 0.5) is 0 Å². The summed E-state index contributed by atoms with van der Waals surface area (Å²) in [5.41, 5.74) is 0.230. The fraction of sp³-hybridized carbons (Fsp3) is 0.467. The number of nitrogens with one attached hydrogen (secondary N) is 2. The fourth-order valence-corrected chi connectivity index (χ4v) is 4.19. The minimum atomic E-state index is -3.63. The Hall–Kier alpha value is -1.38. The molecule has 0 bridgehead atoms. The van der Waals surface area contributed by atoms with Gasteiger partial charge in [0.05, 0.1) is 10.9 Å². The maximum absolute atomic E-state index is 12.2. The smallest absolute Gasteiger partial charge is 0.251 e. The van der Waals surface area contributed by atoms with E-state index >= 15 is 0 Å². The summed E-state index contributed by atoms with van der Waals surface area (Å²) < 4.78 is 26.9. The number of hydrogen-bond acceptors (Lipinski definition) is 5. The topological polar surface area (TPSA) is 92.3 Å². The second kappa shape index (κ2) is 7.94. The summed E-state index contributed by atoms with van der Waals surface area (Å²) in [7, 11) is -3.63. The Labute approximate surface area is 140 Å². The maximum Gasteiger partial charge on any atom is 0.251 e. The summed E-state index contributed by atoms with van der Waals surface area (Å²) in [5, 5.41) is 2.60. The number of sulfonamides is 1. The molecule has 0 saturated carbocycles. The van der Waals surface area contributed by atoms with E-state index in [1.54, 1.807) is 0 Å². The first-order chi connectivity index (χ1) is 10.9. The summed E-state index contributed by atoms with van der Waals surface area (Å²) in [5.74, 6) is 0.260. The van der Waals surface area contributed by atoms with Crippen molar-refractivity contribution in [2.45, 2.75) is 37.1 Å². The predicted molar refractivity (Wildman–Crippen MR) is 89.9 cm³/mol. The van der Waals surface area contributed by atoms with E-state index in [2.05, 4.69) is 10.0 Å². The van der Waals surface area contributed by atoms with Crippen LogP contribution in [-0.4, -0.2) is 37.8 Å². The van der Waals surface area contributed by atoms with Gasteiger partial charge in [-0.05, 0) is 31.0 Å². The van der Waals surface area contributed by atoms with Gasteiger partial charge in [0.15, 0.2) is 0 Å². The number of unbranched alkanes of at least 4 members (excludes halogenated alkanes) is 1. The molecule has 1 atom stereocenters. The number of thioether (sulfide) groups is 1. The second-order valence-corrected chi connectivity index (χ2v) is 8.13. The number of hydrogen-bond donors (Lipinski definition) is 2. The third-order valence-corrected chi connectivity index (χ3v) is 5.94. The molecule has 1 heterocycles. The number of benzene rings is 1. The van der Waals surface area contributed by atoms with E-state index in [1.165, 1.54) is 36.0 Å². The van der Waals surface area contributed by atoms with Crippen molar-refractivity contribution in [3.63, 3.8) is 0 Å². The number of carbonyl (C=O) groups excluding carboxylic acids is 2. The average Bonchev–Trinajstić information content (AvgIpc) is 2.93. The van der Waals surface area contributed by atoms with Crippen LogP contribution in [0.15, 0.2) is 29.2 Å². The fourth-order valence-electron chi connectivity index (χ4n) is 2.14. The Bertz CT molecular complexity index is 688. The molecule has 6 nitrogen and oxygen atoms in total. The molecule has 23 heavy (non-hydrogen) atoms. The Kier molecular flexibility index (Phi) is 6.20. The van der Waals surface area contributed by atoms with Gasteiger partial charge in [-0.3, -0.25) is 9.59 Å². The van der Waals surface area contributed by atoms with E-state index in [4.69, 9.17) is 0 Å². The lowest BCUT2D eigenvalue weighted by atomic mass is 10.2. The van der Waals surface area contributed by atoms with E-state index in [-0.39, 0.29) is 15.6 Å². The number of rotatable bonds is 7. The van der Waals surface area contributed by atoms with Crippen LogP contribution in [-0.2, 0) is 14.8 Å². The molecule has 1 aliphatic heterocycles. The normalized spacial score (nSPS) is 18.1. The molecule has 0 radical (unpaired) electrons. The SMILES string of the molecule is CCCCNS(=O)(=O)c1cccc(C(=O)NC2CCSC2=O)c1. The van der Waals surface area contributed by atoms with Gasteiger partial charge in [0.1, 0.15) is 0 Å². The predicted octanol–water partition coefficient (Wildman–Crippen LogP) is 1.53.